The molecule has 0 fully saturated rings. The normalized spacial score (nSPS) is 11.0. The van der Waals surface area contributed by atoms with E-state index in [2.05, 4.69) is 16.9 Å². The fourth-order valence-corrected chi connectivity index (χ4v) is 3.58. The Morgan fingerprint density at radius 2 is 1.66 bits per heavy atom. The van der Waals surface area contributed by atoms with E-state index in [1.54, 1.807) is 53.1 Å². The fraction of sp³-hybridized carbons (Fsp3) is 0.115. The van der Waals surface area contributed by atoms with Crippen molar-refractivity contribution < 1.29 is 27.9 Å². The van der Waals surface area contributed by atoms with Crippen LogP contribution in [0.3, 0.4) is 0 Å². The van der Waals surface area contributed by atoms with Crippen molar-refractivity contribution in [1.82, 2.24) is 9.55 Å². The first-order chi connectivity index (χ1) is 16.6. The summed E-state index contributed by atoms with van der Waals surface area (Å²) in [4.78, 5) is 24.4. The number of carbonyl (C=O) groups is 2. The highest BCUT2D eigenvalue weighted by Crippen LogP contribution is 2.34. The van der Waals surface area contributed by atoms with Crippen molar-refractivity contribution in [2.24, 2.45) is 0 Å². The third kappa shape index (κ3) is 5.57. The lowest BCUT2D eigenvalue weighted by atomic mass is 10.1. The van der Waals surface area contributed by atoms with Gasteiger partial charge < -0.3 is 19.8 Å². The molecule has 0 amide bonds. The fourth-order valence-electron chi connectivity index (χ4n) is 3.58. The third-order valence-electron chi connectivity index (χ3n) is 5.28. The summed E-state index contributed by atoms with van der Waals surface area (Å²) < 4.78 is 42.4. The van der Waals surface area contributed by atoms with E-state index in [1.807, 2.05) is 6.79 Å². The zero-order chi connectivity index (χ0) is 25.8. The molecule has 180 valence electrons. The molecule has 6 nitrogen and oxygen atoms in total. The zero-order valence-corrected chi connectivity index (χ0v) is 18.8. The average molecular weight is 481 g/mol. The van der Waals surface area contributed by atoms with E-state index >= 15 is 0 Å². The standard InChI is InChI=1S/C25H20F3N3O2.CH2O/c1-15(32)17-7-10-20(11-8-17)29-24-30-22-13-18(16(2)33)9-12-23(22)31(24)14-19-5-3-4-6-21(19)25(26,27)28;1-2/h3-13,32H,1,14H2,2H3,(H,29,30);1H2. The average Bonchev–Trinajstić information content (AvgIpc) is 3.16. The summed E-state index contributed by atoms with van der Waals surface area (Å²) >= 11 is 0. The molecule has 4 rings (SSSR count). The molecule has 0 aliphatic rings. The molecular formula is C26H22F3N3O3. The molecular weight excluding hydrogens is 459 g/mol. The summed E-state index contributed by atoms with van der Waals surface area (Å²) in [5.41, 5.74) is 2.06. The molecule has 0 saturated heterocycles. The van der Waals surface area contributed by atoms with Crippen LogP contribution in [-0.2, 0) is 17.5 Å². The number of ketones is 1. The molecule has 2 N–H and O–H groups in total. The van der Waals surface area contributed by atoms with E-state index in [1.165, 1.54) is 19.1 Å². The van der Waals surface area contributed by atoms with Gasteiger partial charge in [0.15, 0.2) is 5.78 Å². The number of alkyl halides is 3. The Hall–Kier alpha value is -4.40. The number of nitrogens with one attached hydrogen (secondary N) is 1. The van der Waals surface area contributed by atoms with Crippen molar-refractivity contribution in [2.75, 3.05) is 5.32 Å². The Balaban J connectivity index is 0.00000167. The number of fused-ring (bicyclic) bond motifs is 1. The first-order valence-corrected chi connectivity index (χ1v) is 10.3. The maximum atomic E-state index is 13.6. The van der Waals surface area contributed by atoms with Gasteiger partial charge in [-0.2, -0.15) is 13.2 Å². The summed E-state index contributed by atoms with van der Waals surface area (Å²) in [5.74, 6) is 0.107. The van der Waals surface area contributed by atoms with Crippen LogP contribution in [0, 0.1) is 0 Å². The number of hydrogen-bond acceptors (Lipinski definition) is 5. The minimum atomic E-state index is -4.50. The number of imidazole rings is 1. The van der Waals surface area contributed by atoms with Crippen LogP contribution in [0.1, 0.15) is 34.0 Å². The second-order valence-corrected chi connectivity index (χ2v) is 7.59. The highest BCUT2D eigenvalue weighted by Gasteiger charge is 2.33. The van der Waals surface area contributed by atoms with E-state index in [0.717, 1.165) is 6.07 Å². The van der Waals surface area contributed by atoms with E-state index in [4.69, 9.17) is 4.79 Å². The van der Waals surface area contributed by atoms with Crippen molar-refractivity contribution in [1.29, 1.82) is 0 Å². The number of carbonyl (C=O) groups excluding carboxylic acids is 2. The number of aromatic nitrogens is 2. The number of benzene rings is 3. The Morgan fingerprint density at radius 1 is 1.03 bits per heavy atom. The van der Waals surface area contributed by atoms with Gasteiger partial charge in [0.2, 0.25) is 5.95 Å². The molecule has 0 aliphatic heterocycles. The van der Waals surface area contributed by atoms with Crippen LogP contribution in [0.25, 0.3) is 16.8 Å². The predicted octanol–water partition coefficient (Wildman–Crippen LogP) is 6.39. The van der Waals surface area contributed by atoms with Crippen LogP contribution >= 0.6 is 0 Å². The number of hydrogen-bond donors (Lipinski definition) is 2. The van der Waals surface area contributed by atoms with Gasteiger partial charge in [-0.25, -0.2) is 4.98 Å². The van der Waals surface area contributed by atoms with Crippen molar-refractivity contribution >= 4 is 41.0 Å². The summed E-state index contributed by atoms with van der Waals surface area (Å²) in [7, 11) is 0. The molecule has 9 heteroatoms. The van der Waals surface area contributed by atoms with E-state index < -0.39 is 11.7 Å². The van der Waals surface area contributed by atoms with Gasteiger partial charge >= 0.3 is 6.18 Å². The summed E-state index contributed by atoms with van der Waals surface area (Å²) in [5, 5.41) is 12.6. The Morgan fingerprint density at radius 3 is 2.26 bits per heavy atom. The molecule has 0 spiro atoms. The Bertz CT molecular complexity index is 1380. The highest BCUT2D eigenvalue weighted by atomic mass is 19.4. The van der Waals surface area contributed by atoms with Crippen LogP contribution in [0.4, 0.5) is 24.8 Å². The largest absolute Gasteiger partial charge is 0.508 e. The third-order valence-corrected chi connectivity index (χ3v) is 5.28. The second-order valence-electron chi connectivity index (χ2n) is 7.59. The number of halogens is 3. The Labute approximate surface area is 199 Å². The molecule has 3 aromatic carbocycles. The summed E-state index contributed by atoms with van der Waals surface area (Å²) in [6.45, 7) is 6.83. The zero-order valence-electron chi connectivity index (χ0n) is 18.8. The van der Waals surface area contributed by atoms with Gasteiger partial charge in [0.1, 0.15) is 12.5 Å². The Kier molecular flexibility index (Phi) is 7.39. The van der Waals surface area contributed by atoms with Crippen LogP contribution in [0.15, 0.2) is 73.3 Å². The first-order valence-electron chi connectivity index (χ1n) is 10.3. The molecule has 1 heterocycles. The van der Waals surface area contributed by atoms with Crippen molar-refractivity contribution in [2.45, 2.75) is 19.6 Å². The number of nitrogens with zero attached hydrogens (tertiary/aromatic N) is 2. The molecule has 0 atom stereocenters. The molecule has 0 aliphatic carbocycles. The van der Waals surface area contributed by atoms with Crippen LogP contribution < -0.4 is 5.32 Å². The SMILES string of the molecule is C=C(O)c1ccc(Nc2nc3cc(C(C)=O)ccc3n2Cc2ccccc2C(F)(F)F)cc1.C=O. The van der Waals surface area contributed by atoms with Gasteiger partial charge in [-0.3, -0.25) is 4.79 Å². The highest BCUT2D eigenvalue weighted by molar-refractivity contribution is 5.97. The molecule has 35 heavy (non-hydrogen) atoms. The number of rotatable bonds is 6. The summed E-state index contributed by atoms with van der Waals surface area (Å²) in [6, 6.07) is 17.0. The second kappa shape index (κ2) is 10.3. The number of anilines is 2. The van der Waals surface area contributed by atoms with Gasteiger partial charge in [0.05, 0.1) is 23.1 Å². The van der Waals surface area contributed by atoms with Gasteiger partial charge in [0, 0.05) is 16.8 Å². The molecule has 0 unspecified atom stereocenters. The lowest BCUT2D eigenvalue weighted by molar-refractivity contribution is -0.138. The topological polar surface area (TPSA) is 84.2 Å². The van der Waals surface area contributed by atoms with Gasteiger partial charge in [0.25, 0.3) is 0 Å². The van der Waals surface area contributed by atoms with Crippen LogP contribution in [0.5, 0.6) is 0 Å². The molecule has 0 radical (unpaired) electrons. The lowest BCUT2D eigenvalue weighted by Gasteiger charge is -2.16. The minimum absolute atomic E-state index is 0.0747. The molecule has 0 bridgehead atoms. The maximum Gasteiger partial charge on any atom is 0.416 e. The van der Waals surface area contributed by atoms with Gasteiger partial charge in [-0.15, -0.1) is 0 Å². The molecule has 0 saturated carbocycles. The van der Waals surface area contributed by atoms with Crippen molar-refractivity contribution in [3.05, 3.63) is 95.6 Å². The maximum absolute atomic E-state index is 13.6. The van der Waals surface area contributed by atoms with E-state index in [-0.39, 0.29) is 23.7 Å². The van der Waals surface area contributed by atoms with Crippen LogP contribution in [0.2, 0.25) is 0 Å². The minimum Gasteiger partial charge on any atom is -0.508 e. The van der Waals surface area contributed by atoms with Crippen molar-refractivity contribution in [3.63, 3.8) is 0 Å². The summed E-state index contributed by atoms with van der Waals surface area (Å²) in [6.07, 6.45) is -4.50. The van der Waals surface area contributed by atoms with E-state index in [9.17, 15) is 23.1 Å². The van der Waals surface area contributed by atoms with Crippen molar-refractivity contribution in [3.8, 4) is 0 Å². The predicted molar refractivity (Wildman–Crippen MR) is 129 cm³/mol. The monoisotopic (exact) mass is 481 g/mol. The number of Topliss-reactive ketones (excluding diaryl/α,β-unsaturated/α-hetero) is 1. The first kappa shape index (κ1) is 25.2. The smallest absolute Gasteiger partial charge is 0.416 e. The number of aliphatic hydroxyl groups excluding tert-OH is 1. The number of aliphatic hydroxyl groups is 1. The molecule has 1 aromatic heterocycles. The molecule has 4 aromatic rings. The lowest BCUT2D eigenvalue weighted by Crippen LogP contribution is -2.12. The van der Waals surface area contributed by atoms with Gasteiger partial charge in [-0.1, -0.05) is 24.8 Å². The van der Waals surface area contributed by atoms with Crippen LogP contribution in [-0.4, -0.2) is 27.2 Å². The quantitative estimate of drug-likeness (QED) is 0.246. The van der Waals surface area contributed by atoms with E-state index in [0.29, 0.717) is 33.8 Å². The van der Waals surface area contributed by atoms with Gasteiger partial charge in [-0.05, 0) is 61.0 Å².